The highest BCUT2D eigenvalue weighted by molar-refractivity contribution is 5.39. The Kier molecular flexibility index (Phi) is 3.46. The SMILES string of the molecule is Cc1cc(N2CCC(N3CCCC3)CC2)ncn1. The average molecular weight is 246 g/mol. The van der Waals surface area contributed by atoms with Crippen LogP contribution < -0.4 is 4.90 Å². The van der Waals surface area contributed by atoms with Gasteiger partial charge < -0.3 is 9.80 Å². The Balaban J connectivity index is 1.59. The van der Waals surface area contributed by atoms with Crippen molar-refractivity contribution in [2.75, 3.05) is 31.1 Å². The summed E-state index contributed by atoms with van der Waals surface area (Å²) in [6.07, 6.45) is 7.03. The summed E-state index contributed by atoms with van der Waals surface area (Å²) in [5, 5.41) is 0. The van der Waals surface area contributed by atoms with E-state index < -0.39 is 0 Å². The Morgan fingerprint density at radius 1 is 1.06 bits per heavy atom. The number of anilines is 1. The van der Waals surface area contributed by atoms with Crippen molar-refractivity contribution in [3.8, 4) is 0 Å². The number of hydrogen-bond donors (Lipinski definition) is 0. The quantitative estimate of drug-likeness (QED) is 0.797. The number of nitrogens with zero attached hydrogens (tertiary/aromatic N) is 4. The van der Waals surface area contributed by atoms with Crippen LogP contribution in [0.5, 0.6) is 0 Å². The van der Waals surface area contributed by atoms with Crippen molar-refractivity contribution in [3.05, 3.63) is 18.1 Å². The maximum atomic E-state index is 4.39. The van der Waals surface area contributed by atoms with Crippen LogP contribution in [0.3, 0.4) is 0 Å². The van der Waals surface area contributed by atoms with Gasteiger partial charge in [-0.05, 0) is 45.7 Å². The Morgan fingerprint density at radius 2 is 1.78 bits per heavy atom. The molecule has 0 radical (unpaired) electrons. The molecule has 18 heavy (non-hydrogen) atoms. The van der Waals surface area contributed by atoms with Gasteiger partial charge in [-0.2, -0.15) is 0 Å². The van der Waals surface area contributed by atoms with Gasteiger partial charge in [0.25, 0.3) is 0 Å². The Hall–Kier alpha value is -1.16. The molecule has 3 heterocycles. The molecule has 0 spiro atoms. The number of rotatable bonds is 2. The highest BCUT2D eigenvalue weighted by atomic mass is 15.2. The van der Waals surface area contributed by atoms with Gasteiger partial charge in [-0.1, -0.05) is 0 Å². The molecule has 0 aromatic carbocycles. The predicted molar refractivity (Wildman–Crippen MR) is 72.8 cm³/mol. The summed E-state index contributed by atoms with van der Waals surface area (Å²) < 4.78 is 0. The molecule has 0 saturated carbocycles. The fraction of sp³-hybridized carbons (Fsp3) is 0.714. The van der Waals surface area contributed by atoms with Crippen LogP contribution in [-0.4, -0.2) is 47.1 Å². The molecule has 3 rings (SSSR count). The number of piperidine rings is 1. The van der Waals surface area contributed by atoms with E-state index in [1.807, 2.05) is 6.92 Å². The third-order valence-electron chi connectivity index (χ3n) is 4.23. The number of likely N-dealkylation sites (tertiary alicyclic amines) is 1. The third kappa shape index (κ3) is 2.48. The highest BCUT2D eigenvalue weighted by Crippen LogP contribution is 2.23. The molecule has 4 nitrogen and oxygen atoms in total. The van der Waals surface area contributed by atoms with E-state index in [2.05, 4.69) is 25.8 Å². The summed E-state index contributed by atoms with van der Waals surface area (Å²) in [5.41, 5.74) is 1.06. The second-order valence-electron chi connectivity index (χ2n) is 5.48. The van der Waals surface area contributed by atoms with Crippen LogP contribution in [0.15, 0.2) is 12.4 Å². The molecule has 0 aliphatic carbocycles. The van der Waals surface area contributed by atoms with Crippen molar-refractivity contribution in [3.63, 3.8) is 0 Å². The molecule has 2 aliphatic rings. The maximum Gasteiger partial charge on any atom is 0.132 e. The fourth-order valence-electron chi connectivity index (χ4n) is 3.18. The minimum absolute atomic E-state index is 0.812. The van der Waals surface area contributed by atoms with Crippen LogP contribution >= 0.6 is 0 Å². The first kappa shape index (κ1) is 11.9. The van der Waals surface area contributed by atoms with Crippen molar-refractivity contribution < 1.29 is 0 Å². The molecular weight excluding hydrogens is 224 g/mol. The van der Waals surface area contributed by atoms with E-state index >= 15 is 0 Å². The van der Waals surface area contributed by atoms with Gasteiger partial charge in [0.05, 0.1) is 0 Å². The second-order valence-corrected chi connectivity index (χ2v) is 5.48. The summed E-state index contributed by atoms with van der Waals surface area (Å²) >= 11 is 0. The molecule has 0 N–H and O–H groups in total. The fourth-order valence-corrected chi connectivity index (χ4v) is 3.18. The zero-order valence-corrected chi connectivity index (χ0v) is 11.2. The monoisotopic (exact) mass is 246 g/mol. The minimum atomic E-state index is 0.812. The zero-order chi connectivity index (χ0) is 12.4. The van der Waals surface area contributed by atoms with Crippen LogP contribution in [0, 0.1) is 6.92 Å². The van der Waals surface area contributed by atoms with Gasteiger partial charge in [-0.15, -0.1) is 0 Å². The van der Waals surface area contributed by atoms with Crippen LogP contribution in [0.4, 0.5) is 5.82 Å². The van der Waals surface area contributed by atoms with E-state index in [9.17, 15) is 0 Å². The molecule has 98 valence electrons. The third-order valence-corrected chi connectivity index (χ3v) is 4.23. The molecule has 2 saturated heterocycles. The van der Waals surface area contributed by atoms with Gasteiger partial charge in [-0.25, -0.2) is 9.97 Å². The van der Waals surface area contributed by atoms with Crippen molar-refractivity contribution in [1.82, 2.24) is 14.9 Å². The molecule has 2 aliphatic heterocycles. The molecule has 1 aromatic heterocycles. The second kappa shape index (κ2) is 5.22. The Labute approximate surface area is 109 Å². The summed E-state index contributed by atoms with van der Waals surface area (Å²) in [4.78, 5) is 13.6. The van der Waals surface area contributed by atoms with E-state index in [0.29, 0.717) is 0 Å². The van der Waals surface area contributed by atoms with Gasteiger partial charge in [0.15, 0.2) is 0 Å². The number of aryl methyl sites for hydroxylation is 1. The van der Waals surface area contributed by atoms with Gasteiger partial charge in [-0.3, -0.25) is 0 Å². The summed E-state index contributed by atoms with van der Waals surface area (Å²) in [5.74, 6) is 1.10. The molecule has 0 amide bonds. The molecule has 2 fully saturated rings. The average Bonchev–Trinajstić information content (AvgIpc) is 2.93. The molecule has 1 aromatic rings. The molecule has 0 atom stereocenters. The predicted octanol–water partition coefficient (Wildman–Crippen LogP) is 1.85. The minimum Gasteiger partial charge on any atom is -0.356 e. The van der Waals surface area contributed by atoms with Crippen LogP contribution in [0.25, 0.3) is 0 Å². The zero-order valence-electron chi connectivity index (χ0n) is 11.2. The molecular formula is C14H22N4. The Morgan fingerprint density at radius 3 is 2.44 bits per heavy atom. The summed E-state index contributed by atoms with van der Waals surface area (Å²) in [7, 11) is 0. The number of hydrogen-bond acceptors (Lipinski definition) is 4. The van der Waals surface area contributed by atoms with E-state index in [0.717, 1.165) is 30.6 Å². The molecule has 0 bridgehead atoms. The van der Waals surface area contributed by atoms with E-state index in [1.54, 1.807) is 6.33 Å². The standard InChI is InChI=1S/C14H22N4/c1-12-10-14(16-11-15-12)18-8-4-13(5-9-18)17-6-2-3-7-17/h10-11,13H,2-9H2,1H3. The molecule has 0 unspecified atom stereocenters. The maximum absolute atomic E-state index is 4.39. The van der Waals surface area contributed by atoms with Crippen molar-refractivity contribution >= 4 is 5.82 Å². The van der Waals surface area contributed by atoms with Gasteiger partial charge in [0.2, 0.25) is 0 Å². The normalized spacial score (nSPS) is 22.6. The lowest BCUT2D eigenvalue weighted by Crippen LogP contribution is -2.44. The largest absolute Gasteiger partial charge is 0.356 e. The Bertz CT molecular complexity index is 393. The van der Waals surface area contributed by atoms with Crippen molar-refractivity contribution in [1.29, 1.82) is 0 Å². The first-order valence-corrected chi connectivity index (χ1v) is 7.10. The van der Waals surface area contributed by atoms with E-state index in [-0.39, 0.29) is 0 Å². The lowest BCUT2D eigenvalue weighted by Gasteiger charge is -2.37. The highest BCUT2D eigenvalue weighted by Gasteiger charge is 2.26. The van der Waals surface area contributed by atoms with Gasteiger partial charge in [0.1, 0.15) is 12.1 Å². The first-order chi connectivity index (χ1) is 8.83. The van der Waals surface area contributed by atoms with E-state index in [4.69, 9.17) is 0 Å². The van der Waals surface area contributed by atoms with Crippen LogP contribution in [0.2, 0.25) is 0 Å². The van der Waals surface area contributed by atoms with Crippen LogP contribution in [-0.2, 0) is 0 Å². The lowest BCUT2D eigenvalue weighted by molar-refractivity contribution is 0.207. The summed E-state index contributed by atoms with van der Waals surface area (Å²) in [6.45, 7) is 6.94. The smallest absolute Gasteiger partial charge is 0.132 e. The first-order valence-electron chi connectivity index (χ1n) is 7.10. The number of aromatic nitrogens is 2. The molecule has 4 heteroatoms. The van der Waals surface area contributed by atoms with Crippen LogP contribution in [0.1, 0.15) is 31.4 Å². The summed E-state index contributed by atoms with van der Waals surface area (Å²) in [6, 6.07) is 2.91. The van der Waals surface area contributed by atoms with Gasteiger partial charge in [0, 0.05) is 30.9 Å². The van der Waals surface area contributed by atoms with E-state index in [1.165, 1.54) is 38.8 Å². The lowest BCUT2D eigenvalue weighted by atomic mass is 10.0. The van der Waals surface area contributed by atoms with Crippen molar-refractivity contribution in [2.24, 2.45) is 0 Å². The van der Waals surface area contributed by atoms with Crippen molar-refractivity contribution in [2.45, 2.75) is 38.6 Å². The van der Waals surface area contributed by atoms with Gasteiger partial charge >= 0.3 is 0 Å². The topological polar surface area (TPSA) is 32.3 Å².